The number of carboxylic acids is 2. The Hall–Kier alpha value is -6.41. The predicted molar refractivity (Wildman–Crippen MR) is 194 cm³/mol. The van der Waals surface area contributed by atoms with Crippen molar-refractivity contribution < 1.29 is 68.8 Å². The highest BCUT2D eigenvalue weighted by atomic mass is 35.5. The number of phenols is 2. The van der Waals surface area contributed by atoms with Gasteiger partial charge in [0.25, 0.3) is 11.8 Å². The van der Waals surface area contributed by atoms with E-state index in [1.165, 1.54) is 19.2 Å². The number of halogens is 1. The molecule has 0 spiro atoms. The number of nitrogen functional groups attached to an aromatic ring is 1. The maximum Gasteiger partial charge on any atom is 0.350 e. The molecule has 3 atom stereocenters. The van der Waals surface area contributed by atoms with Crippen molar-refractivity contribution in [2.45, 2.75) is 42.2 Å². The van der Waals surface area contributed by atoms with Crippen LogP contribution in [0.2, 0.25) is 5.02 Å². The summed E-state index contributed by atoms with van der Waals surface area (Å²) in [7, 11) is 0. The molecule has 0 saturated carbocycles. The monoisotopic (exact) mass is 854 g/mol. The lowest BCUT2D eigenvalue weighted by Crippen LogP contribution is -2.69. The van der Waals surface area contributed by atoms with Crippen LogP contribution in [0.5, 0.6) is 11.5 Å². The first-order valence-electron chi connectivity index (χ1n) is 16.1. The lowest BCUT2D eigenvalue weighted by Gasteiger charge is -2.41. The number of oxime groups is 2. The number of aromatic hydroxyl groups is 2. The van der Waals surface area contributed by atoms with Crippen LogP contribution < -0.4 is 21.8 Å². The summed E-state index contributed by atoms with van der Waals surface area (Å²) in [5.41, 5.74) is 4.41. The molecule has 1 unspecified atom stereocenters. The lowest BCUT2D eigenvalue weighted by molar-refractivity contribution is -0.168. The largest absolute Gasteiger partial charge is 0.504 e. The van der Waals surface area contributed by atoms with Gasteiger partial charge in [0, 0.05) is 30.5 Å². The van der Waals surface area contributed by atoms with Gasteiger partial charge in [-0.3, -0.25) is 34.2 Å². The average molecular weight is 855 g/mol. The number of amides is 6. The van der Waals surface area contributed by atoms with E-state index in [1.807, 2.05) is 0 Å². The first-order chi connectivity index (χ1) is 26.7. The Morgan fingerprint density at radius 3 is 2.40 bits per heavy atom. The third-order valence-corrected chi connectivity index (χ3v) is 11.3. The molecular weight excluding hydrogens is 824 g/mol. The first-order valence-corrected chi connectivity index (χ1v) is 18.2. The summed E-state index contributed by atoms with van der Waals surface area (Å²) in [6, 6.07) is 0.714. The van der Waals surface area contributed by atoms with Gasteiger partial charge in [-0.15, -0.1) is 11.3 Å². The highest BCUT2D eigenvalue weighted by Crippen LogP contribution is 2.49. The third-order valence-electron chi connectivity index (χ3n) is 8.54. The van der Waals surface area contributed by atoms with Crippen molar-refractivity contribution in [2.24, 2.45) is 10.3 Å². The van der Waals surface area contributed by atoms with Crippen LogP contribution in [0.1, 0.15) is 31.5 Å². The Morgan fingerprint density at radius 1 is 1.09 bits per heavy atom. The van der Waals surface area contributed by atoms with E-state index in [4.69, 9.17) is 22.2 Å². The number of hydrogen-bond acceptors (Lipinski definition) is 18. The molecule has 3 fully saturated rings. The number of hydrogen-bond donors (Lipinski definition) is 9. The van der Waals surface area contributed by atoms with Crippen molar-refractivity contribution in [3.05, 3.63) is 33.8 Å². The molecule has 0 bridgehead atoms. The number of nitrogens with two attached hydrogens (primary N) is 1. The van der Waals surface area contributed by atoms with Gasteiger partial charge >= 0.3 is 23.8 Å². The van der Waals surface area contributed by atoms with Crippen molar-refractivity contribution in [1.29, 1.82) is 0 Å². The van der Waals surface area contributed by atoms with Crippen molar-refractivity contribution in [3.8, 4) is 11.5 Å². The molecule has 57 heavy (non-hydrogen) atoms. The van der Waals surface area contributed by atoms with Crippen LogP contribution in [-0.2, 0) is 43.2 Å². The molecule has 27 heteroatoms. The fourth-order valence-corrected chi connectivity index (χ4v) is 7.88. The Balaban J connectivity index is 1.20. The van der Waals surface area contributed by atoms with Gasteiger partial charge in [0.1, 0.15) is 17.1 Å². The second-order valence-corrected chi connectivity index (χ2v) is 15.3. The SMILES string of the molecule is CC(C)(O/N=C(\C(=O)N[C@@H]1C(=O)N2C[C@@](C(=O)O)(N3CCN(NC(=O)CCNC(=O)/C(=N/O)c4ccc(O)c(O)c4Cl)C(=O)C3=O)SC12)c1csc(N)n1)C(=O)O. The first kappa shape index (κ1) is 41.7. The number of β-lactam (4-membered cyclic amide) rings is 1. The van der Waals surface area contributed by atoms with Gasteiger partial charge < -0.3 is 56.6 Å². The molecule has 304 valence electrons. The molecule has 4 heterocycles. The zero-order valence-electron chi connectivity index (χ0n) is 29.3. The van der Waals surface area contributed by atoms with Crippen LogP contribution in [0.3, 0.4) is 0 Å². The maximum atomic E-state index is 13.4. The summed E-state index contributed by atoms with van der Waals surface area (Å²) in [6.07, 6.45) is -0.479. The Bertz CT molecular complexity index is 2150. The molecule has 6 amide bonds. The number of aromatic nitrogens is 1. The van der Waals surface area contributed by atoms with Gasteiger partial charge in [-0.1, -0.05) is 33.7 Å². The van der Waals surface area contributed by atoms with Gasteiger partial charge in [-0.05, 0) is 26.0 Å². The summed E-state index contributed by atoms with van der Waals surface area (Å²) in [5.74, 6) is -10.7. The minimum atomic E-state index is -2.20. The summed E-state index contributed by atoms with van der Waals surface area (Å²) in [5, 5.41) is 60.1. The molecule has 1 aromatic carbocycles. The zero-order chi connectivity index (χ0) is 42.1. The Labute approximate surface area is 332 Å². The summed E-state index contributed by atoms with van der Waals surface area (Å²) in [4.78, 5) is 111. The van der Waals surface area contributed by atoms with Gasteiger partial charge in [0.05, 0.1) is 18.1 Å². The van der Waals surface area contributed by atoms with E-state index in [-0.39, 0.29) is 16.4 Å². The number of carbonyl (C=O) groups excluding carboxylic acids is 6. The number of benzene rings is 1. The number of nitrogens with one attached hydrogen (secondary N) is 3. The second-order valence-electron chi connectivity index (χ2n) is 12.6. The number of anilines is 1. The molecule has 3 aliphatic heterocycles. The van der Waals surface area contributed by atoms with Gasteiger partial charge in [-0.2, -0.15) is 0 Å². The number of nitrogens with zero attached hydrogens (tertiary/aromatic N) is 6. The molecular formula is C30H31ClN10O14S2. The molecule has 1 aromatic heterocycles. The number of phenolic OH excluding ortho intramolecular Hbond substituents is 2. The van der Waals surface area contributed by atoms with Crippen LogP contribution in [0.25, 0.3) is 0 Å². The number of carboxylic acid groups (broad SMARTS) is 2. The molecule has 24 nitrogen and oxygen atoms in total. The van der Waals surface area contributed by atoms with Crippen LogP contribution in [0.4, 0.5) is 5.13 Å². The predicted octanol–water partition coefficient (Wildman–Crippen LogP) is -2.36. The van der Waals surface area contributed by atoms with Crippen molar-refractivity contribution in [3.63, 3.8) is 0 Å². The van der Waals surface area contributed by atoms with Crippen LogP contribution in [-0.4, -0.2) is 152 Å². The lowest BCUT2D eigenvalue weighted by atomic mass is 10.0. The van der Waals surface area contributed by atoms with Crippen LogP contribution >= 0.6 is 34.7 Å². The van der Waals surface area contributed by atoms with E-state index < -0.39 is 130 Å². The molecule has 5 rings (SSSR count). The Kier molecular flexibility index (Phi) is 11.7. The molecule has 0 radical (unpaired) electrons. The van der Waals surface area contributed by atoms with E-state index >= 15 is 0 Å². The maximum absolute atomic E-state index is 13.4. The standard InChI is InChI=1S/C30H31ClN10O14S2/c1-29(2,26(50)51)55-38-17(12-9-56-28(32)34-12)21(46)35-18-22(47)39-10-30(27(52)53,57-25(18)39)40-7-8-41(24(49)23(40)48)36-14(43)5-6-33-20(45)16(37-54)11-3-4-13(42)19(44)15(11)31/h3-4,9,18,25,42,44,54H,5-8,10H2,1-2H3,(H2,32,34)(H,33,45)(H,35,46)(H,36,43)(H,50,51)(H,52,53)/b37-16+,38-17-/t18-,25?,30-/m1/s1. The summed E-state index contributed by atoms with van der Waals surface area (Å²) >= 11 is 7.44. The van der Waals surface area contributed by atoms with E-state index in [0.717, 1.165) is 33.3 Å². The normalized spacial score (nSPS) is 21.1. The zero-order valence-corrected chi connectivity index (χ0v) is 31.7. The van der Waals surface area contributed by atoms with E-state index in [0.29, 0.717) is 16.8 Å². The summed E-state index contributed by atoms with van der Waals surface area (Å²) < 4.78 is 0. The number of carbonyl (C=O) groups is 8. The Morgan fingerprint density at radius 2 is 1.79 bits per heavy atom. The molecule has 10 N–H and O–H groups in total. The molecule has 2 aromatic rings. The minimum Gasteiger partial charge on any atom is -0.504 e. The van der Waals surface area contributed by atoms with Crippen molar-refractivity contribution in [1.82, 2.24) is 35.9 Å². The van der Waals surface area contributed by atoms with E-state index in [9.17, 15) is 64.0 Å². The fourth-order valence-electron chi connectivity index (χ4n) is 5.44. The second kappa shape index (κ2) is 16.0. The van der Waals surface area contributed by atoms with Crippen LogP contribution in [0, 0.1) is 0 Å². The van der Waals surface area contributed by atoms with Gasteiger partial charge in [0.15, 0.2) is 28.1 Å². The number of fused-ring (bicyclic) bond motifs is 1. The minimum absolute atomic E-state index is 0.0269. The number of aliphatic carboxylic acids is 2. The number of thioether (sulfide) groups is 1. The highest BCUT2D eigenvalue weighted by Gasteiger charge is 2.66. The van der Waals surface area contributed by atoms with E-state index in [1.54, 1.807) is 0 Å². The molecule has 0 aliphatic carbocycles. The topological polar surface area (TPSA) is 356 Å². The number of thiazole rings is 1. The third kappa shape index (κ3) is 7.99. The summed E-state index contributed by atoms with van der Waals surface area (Å²) in [6.45, 7) is 0.527. The average Bonchev–Trinajstić information content (AvgIpc) is 3.75. The molecule has 3 saturated heterocycles. The number of hydrazine groups is 1. The van der Waals surface area contributed by atoms with Gasteiger partial charge in [-0.25, -0.2) is 19.6 Å². The number of piperazine rings is 1. The van der Waals surface area contributed by atoms with Crippen molar-refractivity contribution in [2.75, 3.05) is 31.9 Å². The number of rotatable bonds is 14. The molecule has 3 aliphatic rings. The van der Waals surface area contributed by atoms with E-state index in [2.05, 4.69) is 31.4 Å². The van der Waals surface area contributed by atoms with Crippen molar-refractivity contribution >= 4 is 98.6 Å². The van der Waals surface area contributed by atoms with Gasteiger partial charge in [0.2, 0.25) is 22.3 Å². The smallest absolute Gasteiger partial charge is 0.350 e. The fraction of sp³-hybridized carbons (Fsp3) is 0.367. The highest BCUT2D eigenvalue weighted by molar-refractivity contribution is 8.02. The van der Waals surface area contributed by atoms with Crippen LogP contribution in [0.15, 0.2) is 27.8 Å². The quantitative estimate of drug-likeness (QED) is 0.0240.